The van der Waals surface area contributed by atoms with Gasteiger partial charge in [-0.1, -0.05) is 54.1 Å². The number of aryl methyl sites for hydroxylation is 1. The predicted molar refractivity (Wildman–Crippen MR) is 96.5 cm³/mol. The lowest BCUT2D eigenvalue weighted by Gasteiger charge is -2.57. The Bertz CT molecular complexity index is 690. The highest BCUT2D eigenvalue weighted by Gasteiger charge is 2.52. The SMILES string of the molecule is Cc1ccc(-c2ccccc2)c(C23CC4CC(CC(C4)C2)C3)c1. The van der Waals surface area contributed by atoms with Gasteiger partial charge in [0.15, 0.2) is 0 Å². The van der Waals surface area contributed by atoms with E-state index in [-0.39, 0.29) is 0 Å². The molecular weight excluding hydrogens is 276 g/mol. The minimum absolute atomic E-state index is 0.478. The topological polar surface area (TPSA) is 0 Å². The van der Waals surface area contributed by atoms with E-state index in [1.165, 1.54) is 55.2 Å². The van der Waals surface area contributed by atoms with Gasteiger partial charge in [0.05, 0.1) is 0 Å². The first-order chi connectivity index (χ1) is 11.2. The summed E-state index contributed by atoms with van der Waals surface area (Å²) in [4.78, 5) is 0. The molecule has 0 heterocycles. The summed E-state index contributed by atoms with van der Waals surface area (Å²) in [5.41, 5.74) is 6.47. The minimum Gasteiger partial charge on any atom is -0.0622 e. The standard InChI is InChI=1S/C23H26/c1-16-7-8-21(20-5-3-2-4-6-20)22(9-16)23-13-17-10-18(14-23)12-19(11-17)15-23/h2-9,17-19H,10-15H2,1H3. The third-order valence-electron chi connectivity index (χ3n) is 6.87. The van der Waals surface area contributed by atoms with Crippen LogP contribution in [0, 0.1) is 24.7 Å². The summed E-state index contributed by atoms with van der Waals surface area (Å²) in [6, 6.07) is 18.3. The van der Waals surface area contributed by atoms with Crippen molar-refractivity contribution in [3.63, 3.8) is 0 Å². The van der Waals surface area contributed by atoms with Gasteiger partial charge in [-0.2, -0.15) is 0 Å². The number of rotatable bonds is 2. The summed E-state index contributed by atoms with van der Waals surface area (Å²) in [6.45, 7) is 2.26. The van der Waals surface area contributed by atoms with Crippen molar-refractivity contribution in [2.45, 2.75) is 50.9 Å². The molecule has 0 aliphatic heterocycles. The van der Waals surface area contributed by atoms with E-state index < -0.39 is 0 Å². The molecule has 0 unspecified atom stereocenters. The van der Waals surface area contributed by atoms with E-state index >= 15 is 0 Å². The summed E-state index contributed by atoms with van der Waals surface area (Å²) in [6.07, 6.45) is 8.90. The number of benzene rings is 2. The molecule has 118 valence electrons. The van der Waals surface area contributed by atoms with Crippen LogP contribution in [0.4, 0.5) is 0 Å². The lowest BCUT2D eigenvalue weighted by atomic mass is 9.47. The lowest BCUT2D eigenvalue weighted by molar-refractivity contribution is -0.00494. The fourth-order valence-electron chi connectivity index (χ4n) is 6.41. The maximum Gasteiger partial charge on any atom is -0.00328 e. The third-order valence-corrected chi connectivity index (χ3v) is 6.87. The summed E-state index contributed by atoms with van der Waals surface area (Å²) in [7, 11) is 0. The minimum atomic E-state index is 0.478. The first-order valence-corrected chi connectivity index (χ1v) is 9.38. The first-order valence-electron chi connectivity index (χ1n) is 9.38. The molecule has 0 aromatic heterocycles. The van der Waals surface area contributed by atoms with Crippen molar-refractivity contribution in [2.24, 2.45) is 17.8 Å². The Morgan fingerprint density at radius 3 is 2.00 bits per heavy atom. The van der Waals surface area contributed by atoms with Gasteiger partial charge in [0.2, 0.25) is 0 Å². The molecule has 4 aliphatic carbocycles. The van der Waals surface area contributed by atoms with Gasteiger partial charge in [-0.25, -0.2) is 0 Å². The van der Waals surface area contributed by atoms with Crippen LogP contribution in [-0.2, 0) is 5.41 Å². The van der Waals surface area contributed by atoms with E-state index in [2.05, 4.69) is 55.5 Å². The quantitative estimate of drug-likeness (QED) is 0.626. The lowest BCUT2D eigenvalue weighted by Crippen LogP contribution is -2.48. The van der Waals surface area contributed by atoms with Gasteiger partial charge in [0.25, 0.3) is 0 Å². The van der Waals surface area contributed by atoms with E-state index in [9.17, 15) is 0 Å². The van der Waals surface area contributed by atoms with Crippen molar-refractivity contribution in [2.75, 3.05) is 0 Å². The molecule has 4 aliphatic rings. The zero-order valence-corrected chi connectivity index (χ0v) is 14.1. The van der Waals surface area contributed by atoms with Crippen LogP contribution in [0.25, 0.3) is 11.1 Å². The molecule has 0 N–H and O–H groups in total. The van der Waals surface area contributed by atoms with Crippen LogP contribution in [0.15, 0.2) is 48.5 Å². The summed E-state index contributed by atoms with van der Waals surface area (Å²) < 4.78 is 0. The summed E-state index contributed by atoms with van der Waals surface area (Å²) >= 11 is 0. The second-order valence-corrected chi connectivity index (χ2v) is 8.61. The zero-order valence-electron chi connectivity index (χ0n) is 14.1. The highest BCUT2D eigenvalue weighted by molar-refractivity contribution is 5.69. The third kappa shape index (κ3) is 2.18. The van der Waals surface area contributed by atoms with Gasteiger partial charge in [-0.05, 0) is 85.3 Å². The van der Waals surface area contributed by atoms with Crippen molar-refractivity contribution in [1.82, 2.24) is 0 Å². The largest absolute Gasteiger partial charge is 0.0622 e. The Balaban J connectivity index is 1.67. The highest BCUT2D eigenvalue weighted by atomic mass is 14.6. The van der Waals surface area contributed by atoms with Crippen LogP contribution in [-0.4, -0.2) is 0 Å². The normalized spacial score (nSPS) is 34.7. The smallest absolute Gasteiger partial charge is 0.00328 e. The van der Waals surface area contributed by atoms with Crippen LogP contribution in [0.1, 0.15) is 49.7 Å². The van der Waals surface area contributed by atoms with Gasteiger partial charge in [0.1, 0.15) is 0 Å². The molecule has 2 aromatic rings. The zero-order chi connectivity index (χ0) is 15.4. The fraction of sp³-hybridized carbons (Fsp3) is 0.478. The van der Waals surface area contributed by atoms with Gasteiger partial charge in [-0.15, -0.1) is 0 Å². The summed E-state index contributed by atoms with van der Waals surface area (Å²) in [5.74, 6) is 3.01. The van der Waals surface area contributed by atoms with Crippen molar-refractivity contribution >= 4 is 0 Å². The molecule has 2 aromatic carbocycles. The predicted octanol–water partition coefficient (Wildman–Crippen LogP) is 6.13. The van der Waals surface area contributed by atoms with E-state index in [1.54, 1.807) is 5.56 Å². The Morgan fingerprint density at radius 1 is 0.783 bits per heavy atom. The molecule has 4 saturated carbocycles. The van der Waals surface area contributed by atoms with E-state index in [0.29, 0.717) is 5.41 Å². The molecule has 4 fully saturated rings. The van der Waals surface area contributed by atoms with Crippen molar-refractivity contribution in [3.8, 4) is 11.1 Å². The molecule has 0 saturated heterocycles. The maximum atomic E-state index is 2.52. The van der Waals surface area contributed by atoms with Crippen LogP contribution in [0.3, 0.4) is 0 Å². The molecule has 0 atom stereocenters. The molecule has 23 heavy (non-hydrogen) atoms. The Kier molecular flexibility index (Phi) is 2.99. The molecule has 6 rings (SSSR count). The summed E-state index contributed by atoms with van der Waals surface area (Å²) in [5, 5.41) is 0. The van der Waals surface area contributed by atoms with Crippen LogP contribution in [0.2, 0.25) is 0 Å². The average Bonchev–Trinajstić information content (AvgIpc) is 2.54. The van der Waals surface area contributed by atoms with Crippen molar-refractivity contribution in [3.05, 3.63) is 59.7 Å². The molecule has 0 amide bonds. The second-order valence-electron chi connectivity index (χ2n) is 8.61. The Labute approximate surface area is 139 Å². The molecule has 0 heteroatoms. The first kappa shape index (κ1) is 13.8. The number of hydrogen-bond acceptors (Lipinski definition) is 0. The van der Waals surface area contributed by atoms with Crippen LogP contribution in [0.5, 0.6) is 0 Å². The number of hydrogen-bond donors (Lipinski definition) is 0. The Hall–Kier alpha value is -1.56. The van der Waals surface area contributed by atoms with E-state index in [1.807, 2.05) is 0 Å². The second kappa shape index (κ2) is 4.97. The van der Waals surface area contributed by atoms with Gasteiger partial charge in [0, 0.05) is 0 Å². The molecule has 0 radical (unpaired) electrons. The molecule has 0 nitrogen and oxygen atoms in total. The van der Waals surface area contributed by atoms with E-state index in [4.69, 9.17) is 0 Å². The molecule has 0 spiro atoms. The fourth-order valence-corrected chi connectivity index (χ4v) is 6.41. The van der Waals surface area contributed by atoms with Gasteiger partial charge in [-0.3, -0.25) is 0 Å². The Morgan fingerprint density at radius 2 is 1.39 bits per heavy atom. The van der Waals surface area contributed by atoms with Gasteiger partial charge < -0.3 is 0 Å². The maximum absolute atomic E-state index is 2.52. The molecular formula is C23H26. The van der Waals surface area contributed by atoms with Crippen molar-refractivity contribution < 1.29 is 0 Å². The van der Waals surface area contributed by atoms with Crippen LogP contribution >= 0.6 is 0 Å². The molecule has 4 bridgehead atoms. The average molecular weight is 302 g/mol. The monoisotopic (exact) mass is 302 g/mol. The van der Waals surface area contributed by atoms with Crippen LogP contribution < -0.4 is 0 Å². The van der Waals surface area contributed by atoms with Crippen molar-refractivity contribution in [1.29, 1.82) is 0 Å². The van der Waals surface area contributed by atoms with E-state index in [0.717, 1.165) is 17.8 Å². The van der Waals surface area contributed by atoms with Gasteiger partial charge >= 0.3 is 0 Å². The highest BCUT2D eigenvalue weighted by Crippen LogP contribution is 2.61.